The summed E-state index contributed by atoms with van der Waals surface area (Å²) in [5.41, 5.74) is 7.17. The average molecular weight is 334 g/mol. The highest BCUT2D eigenvalue weighted by molar-refractivity contribution is 6.04. The van der Waals surface area contributed by atoms with Crippen LogP contribution in [0.1, 0.15) is 38.4 Å². The molecule has 0 aliphatic heterocycles. The Morgan fingerprint density at radius 2 is 1.60 bits per heavy atom. The maximum Gasteiger partial charge on any atom is 0.278 e. The molecule has 2 aromatic carbocycles. The second-order valence-electron chi connectivity index (χ2n) is 6.50. The normalized spacial score (nSPS) is 10.8. The lowest BCUT2D eigenvalue weighted by molar-refractivity contribution is 0.102. The molecule has 0 aliphatic carbocycles. The molecule has 5 nitrogen and oxygen atoms in total. The third-order valence-electron chi connectivity index (χ3n) is 4.33. The third kappa shape index (κ3) is 3.31. The predicted octanol–water partition coefficient (Wildman–Crippen LogP) is 4.06. The van der Waals surface area contributed by atoms with Crippen LogP contribution in [0.15, 0.2) is 36.4 Å². The molecule has 3 rings (SSSR count). The summed E-state index contributed by atoms with van der Waals surface area (Å²) in [5.74, 6) is -0.248. The minimum absolute atomic E-state index is 0.248. The van der Waals surface area contributed by atoms with Crippen LogP contribution >= 0.6 is 0 Å². The van der Waals surface area contributed by atoms with E-state index in [0.717, 1.165) is 33.8 Å². The van der Waals surface area contributed by atoms with Gasteiger partial charge in [0.25, 0.3) is 5.91 Å². The number of carbonyl (C=O) groups is 1. The molecule has 0 unspecified atom stereocenters. The Kier molecular flexibility index (Phi) is 4.40. The molecule has 1 amide bonds. The SMILES string of the molecule is Cc1ccc(-n2nnc(C(=O)Nc3cc(C)ccc3C)c2C)c(C)c1. The minimum Gasteiger partial charge on any atom is -0.320 e. The molecule has 25 heavy (non-hydrogen) atoms. The second-order valence-corrected chi connectivity index (χ2v) is 6.50. The molecule has 5 heteroatoms. The van der Waals surface area contributed by atoms with E-state index in [9.17, 15) is 4.79 Å². The van der Waals surface area contributed by atoms with Crippen molar-refractivity contribution in [3.05, 3.63) is 70.0 Å². The van der Waals surface area contributed by atoms with Crippen molar-refractivity contribution in [2.24, 2.45) is 0 Å². The maximum absolute atomic E-state index is 12.7. The summed E-state index contributed by atoms with van der Waals surface area (Å²) in [7, 11) is 0. The fourth-order valence-corrected chi connectivity index (χ4v) is 2.86. The molecule has 0 atom stereocenters. The molecule has 128 valence electrons. The van der Waals surface area contributed by atoms with Gasteiger partial charge < -0.3 is 5.32 Å². The van der Waals surface area contributed by atoms with E-state index in [1.54, 1.807) is 4.68 Å². The monoisotopic (exact) mass is 334 g/mol. The zero-order chi connectivity index (χ0) is 18.1. The first kappa shape index (κ1) is 16.9. The average Bonchev–Trinajstić information content (AvgIpc) is 2.92. The molecule has 0 fully saturated rings. The molecule has 0 saturated heterocycles. The van der Waals surface area contributed by atoms with Gasteiger partial charge in [0.15, 0.2) is 5.69 Å². The summed E-state index contributed by atoms with van der Waals surface area (Å²) in [4.78, 5) is 12.7. The third-order valence-corrected chi connectivity index (χ3v) is 4.33. The van der Waals surface area contributed by atoms with E-state index in [2.05, 4.69) is 21.7 Å². The highest BCUT2D eigenvalue weighted by Crippen LogP contribution is 2.20. The van der Waals surface area contributed by atoms with Gasteiger partial charge in [-0.25, -0.2) is 4.68 Å². The fraction of sp³-hybridized carbons (Fsp3) is 0.250. The molecule has 0 saturated carbocycles. The molecule has 0 bridgehead atoms. The van der Waals surface area contributed by atoms with E-state index in [1.807, 2.05) is 65.0 Å². The van der Waals surface area contributed by atoms with Gasteiger partial charge in [-0.2, -0.15) is 0 Å². The lowest BCUT2D eigenvalue weighted by Crippen LogP contribution is -2.15. The number of carbonyl (C=O) groups excluding carboxylic acids is 1. The van der Waals surface area contributed by atoms with Crippen LogP contribution in [-0.2, 0) is 0 Å². The van der Waals surface area contributed by atoms with Gasteiger partial charge in [0, 0.05) is 5.69 Å². The predicted molar refractivity (Wildman–Crippen MR) is 99.4 cm³/mol. The van der Waals surface area contributed by atoms with Crippen LogP contribution in [0.2, 0.25) is 0 Å². The molecule has 1 heterocycles. The Morgan fingerprint density at radius 3 is 2.32 bits per heavy atom. The lowest BCUT2D eigenvalue weighted by Gasteiger charge is -2.10. The molecule has 0 radical (unpaired) electrons. The fourth-order valence-electron chi connectivity index (χ4n) is 2.86. The first-order valence-electron chi connectivity index (χ1n) is 8.25. The largest absolute Gasteiger partial charge is 0.320 e. The summed E-state index contributed by atoms with van der Waals surface area (Å²) >= 11 is 0. The Hall–Kier alpha value is -2.95. The summed E-state index contributed by atoms with van der Waals surface area (Å²) in [6.45, 7) is 9.90. The number of anilines is 1. The van der Waals surface area contributed by atoms with Gasteiger partial charge in [0.1, 0.15) is 0 Å². The number of nitrogens with zero attached hydrogens (tertiary/aromatic N) is 3. The van der Waals surface area contributed by atoms with Gasteiger partial charge in [-0.1, -0.05) is 35.0 Å². The lowest BCUT2D eigenvalue weighted by atomic mass is 10.1. The van der Waals surface area contributed by atoms with Crippen LogP contribution < -0.4 is 5.32 Å². The van der Waals surface area contributed by atoms with Crippen LogP contribution in [0.3, 0.4) is 0 Å². The second kappa shape index (κ2) is 6.51. The molecule has 1 aromatic heterocycles. The number of rotatable bonds is 3. The van der Waals surface area contributed by atoms with Crippen molar-refractivity contribution < 1.29 is 4.79 Å². The number of benzene rings is 2. The molecular formula is C20H22N4O. The maximum atomic E-state index is 12.7. The van der Waals surface area contributed by atoms with Crippen molar-refractivity contribution in [3.63, 3.8) is 0 Å². The first-order chi connectivity index (χ1) is 11.9. The number of aromatic nitrogens is 3. The number of hydrogen-bond donors (Lipinski definition) is 1. The Balaban J connectivity index is 1.93. The molecular weight excluding hydrogens is 312 g/mol. The van der Waals surface area contributed by atoms with Crippen molar-refractivity contribution >= 4 is 11.6 Å². The van der Waals surface area contributed by atoms with Crippen LogP contribution in [-0.4, -0.2) is 20.9 Å². The number of aryl methyl sites for hydroxylation is 4. The minimum atomic E-state index is -0.248. The highest BCUT2D eigenvalue weighted by Gasteiger charge is 2.19. The number of amides is 1. The van der Waals surface area contributed by atoms with Crippen molar-refractivity contribution in [1.82, 2.24) is 15.0 Å². The van der Waals surface area contributed by atoms with Gasteiger partial charge in [-0.3, -0.25) is 4.79 Å². The quantitative estimate of drug-likeness (QED) is 0.786. The van der Waals surface area contributed by atoms with Crippen LogP contribution in [0, 0.1) is 34.6 Å². The standard InChI is InChI=1S/C20H22N4O/c1-12-7-9-18(15(4)10-12)24-16(5)19(22-23-24)20(25)21-17-11-13(2)6-8-14(17)3/h6-11H,1-5H3,(H,21,25). The summed E-state index contributed by atoms with van der Waals surface area (Å²) < 4.78 is 1.72. The van der Waals surface area contributed by atoms with Crippen molar-refractivity contribution in [2.75, 3.05) is 5.32 Å². The zero-order valence-corrected chi connectivity index (χ0v) is 15.2. The van der Waals surface area contributed by atoms with E-state index < -0.39 is 0 Å². The molecule has 1 N–H and O–H groups in total. The van der Waals surface area contributed by atoms with Crippen LogP contribution in [0.25, 0.3) is 5.69 Å². The highest BCUT2D eigenvalue weighted by atomic mass is 16.2. The number of nitrogens with one attached hydrogen (secondary N) is 1. The van der Waals surface area contributed by atoms with Crippen LogP contribution in [0.4, 0.5) is 5.69 Å². The van der Waals surface area contributed by atoms with Crippen molar-refractivity contribution in [3.8, 4) is 5.69 Å². The summed E-state index contributed by atoms with van der Waals surface area (Å²) in [6.07, 6.45) is 0. The zero-order valence-electron chi connectivity index (χ0n) is 15.2. The van der Waals surface area contributed by atoms with Crippen molar-refractivity contribution in [2.45, 2.75) is 34.6 Å². The van der Waals surface area contributed by atoms with E-state index in [0.29, 0.717) is 5.69 Å². The topological polar surface area (TPSA) is 59.8 Å². The smallest absolute Gasteiger partial charge is 0.278 e. The van der Waals surface area contributed by atoms with Gasteiger partial charge in [-0.15, -0.1) is 5.10 Å². The number of hydrogen-bond acceptors (Lipinski definition) is 3. The van der Waals surface area contributed by atoms with Gasteiger partial charge in [0.2, 0.25) is 0 Å². The van der Waals surface area contributed by atoms with Gasteiger partial charge in [0.05, 0.1) is 11.4 Å². The van der Waals surface area contributed by atoms with E-state index in [4.69, 9.17) is 0 Å². The van der Waals surface area contributed by atoms with E-state index >= 15 is 0 Å². The van der Waals surface area contributed by atoms with Crippen LogP contribution in [0.5, 0.6) is 0 Å². The van der Waals surface area contributed by atoms with E-state index in [-0.39, 0.29) is 5.91 Å². The Labute approximate surface area is 147 Å². The Bertz CT molecular complexity index is 956. The van der Waals surface area contributed by atoms with Gasteiger partial charge in [-0.05, 0) is 63.4 Å². The van der Waals surface area contributed by atoms with Crippen molar-refractivity contribution in [1.29, 1.82) is 0 Å². The molecule has 0 aliphatic rings. The first-order valence-corrected chi connectivity index (χ1v) is 8.25. The van der Waals surface area contributed by atoms with E-state index in [1.165, 1.54) is 5.56 Å². The summed E-state index contributed by atoms with van der Waals surface area (Å²) in [5, 5.41) is 11.2. The van der Waals surface area contributed by atoms with Gasteiger partial charge >= 0.3 is 0 Å². The summed E-state index contributed by atoms with van der Waals surface area (Å²) in [6, 6.07) is 12.1. The Morgan fingerprint density at radius 1 is 0.920 bits per heavy atom. The molecule has 0 spiro atoms. The molecule has 3 aromatic rings.